The molecular weight excluding hydrogens is 396 g/mol. The Morgan fingerprint density at radius 1 is 1.00 bits per heavy atom. The van der Waals surface area contributed by atoms with Crippen LogP contribution in [0.15, 0.2) is 80.4 Å². The molecule has 0 saturated carbocycles. The molecular formula is C21H13BrO4. The van der Waals surface area contributed by atoms with Crippen LogP contribution in [0.25, 0.3) is 21.7 Å². The van der Waals surface area contributed by atoms with Crippen molar-refractivity contribution in [3.05, 3.63) is 92.7 Å². The number of hydrogen-bond acceptors (Lipinski definition) is 4. The molecule has 0 fully saturated rings. The number of carbonyl (C=O) groups is 1. The van der Waals surface area contributed by atoms with E-state index in [0.29, 0.717) is 16.7 Å². The lowest BCUT2D eigenvalue weighted by molar-refractivity contribution is 0.0474. The molecule has 1 aromatic heterocycles. The number of benzene rings is 3. The summed E-state index contributed by atoms with van der Waals surface area (Å²) in [4.78, 5) is 24.2. The Hall–Kier alpha value is -2.92. The third-order valence-corrected chi connectivity index (χ3v) is 4.63. The summed E-state index contributed by atoms with van der Waals surface area (Å²) >= 11 is 3.33. The van der Waals surface area contributed by atoms with Crippen LogP contribution in [0.3, 0.4) is 0 Å². The Bertz CT molecular complexity index is 1190. The third-order valence-electron chi connectivity index (χ3n) is 4.13. The lowest BCUT2D eigenvalue weighted by Gasteiger charge is -2.10. The number of esters is 1. The van der Waals surface area contributed by atoms with E-state index in [1.165, 1.54) is 6.07 Å². The van der Waals surface area contributed by atoms with E-state index in [1.807, 2.05) is 36.4 Å². The monoisotopic (exact) mass is 408 g/mol. The average Bonchev–Trinajstić information content (AvgIpc) is 2.65. The van der Waals surface area contributed by atoms with Crippen molar-refractivity contribution in [3.8, 4) is 0 Å². The first kappa shape index (κ1) is 16.5. The van der Waals surface area contributed by atoms with Gasteiger partial charge in [0, 0.05) is 21.5 Å². The van der Waals surface area contributed by atoms with Gasteiger partial charge in [0.25, 0.3) is 0 Å². The normalized spacial score (nSPS) is 11.0. The van der Waals surface area contributed by atoms with Crippen LogP contribution in [0.5, 0.6) is 0 Å². The van der Waals surface area contributed by atoms with Gasteiger partial charge in [-0.25, -0.2) is 9.59 Å². The van der Waals surface area contributed by atoms with Crippen LogP contribution in [0, 0.1) is 0 Å². The highest BCUT2D eigenvalue weighted by atomic mass is 79.9. The third kappa shape index (κ3) is 3.13. The summed E-state index contributed by atoms with van der Waals surface area (Å²) in [6, 6.07) is 19.8. The minimum atomic E-state index is -0.471. The van der Waals surface area contributed by atoms with E-state index >= 15 is 0 Å². The average molecular weight is 409 g/mol. The van der Waals surface area contributed by atoms with Crippen LogP contribution in [0.2, 0.25) is 0 Å². The van der Waals surface area contributed by atoms with E-state index in [-0.39, 0.29) is 6.61 Å². The summed E-state index contributed by atoms with van der Waals surface area (Å²) in [6.07, 6.45) is 0. The van der Waals surface area contributed by atoms with Crippen molar-refractivity contribution >= 4 is 43.6 Å². The summed E-state index contributed by atoms with van der Waals surface area (Å²) in [6.45, 7) is -0.0124. The second kappa shape index (κ2) is 6.77. The van der Waals surface area contributed by atoms with Crippen molar-refractivity contribution < 1.29 is 13.9 Å². The van der Waals surface area contributed by atoms with Gasteiger partial charge in [-0.15, -0.1) is 0 Å². The molecule has 4 nitrogen and oxygen atoms in total. The second-order valence-corrected chi connectivity index (χ2v) is 6.75. The molecule has 26 heavy (non-hydrogen) atoms. The molecule has 3 aromatic carbocycles. The molecule has 0 saturated heterocycles. The molecule has 0 unspecified atom stereocenters. The van der Waals surface area contributed by atoms with E-state index < -0.39 is 11.6 Å². The maximum atomic E-state index is 12.3. The van der Waals surface area contributed by atoms with Crippen molar-refractivity contribution in [1.29, 1.82) is 0 Å². The topological polar surface area (TPSA) is 56.5 Å². The summed E-state index contributed by atoms with van der Waals surface area (Å²) in [5.41, 5.74) is 1.07. The van der Waals surface area contributed by atoms with Gasteiger partial charge in [-0.3, -0.25) is 0 Å². The predicted molar refractivity (Wildman–Crippen MR) is 103 cm³/mol. The first-order valence-electron chi connectivity index (χ1n) is 7.99. The molecule has 0 radical (unpaired) electrons. The Morgan fingerprint density at radius 2 is 1.85 bits per heavy atom. The Kier molecular flexibility index (Phi) is 4.31. The van der Waals surface area contributed by atoms with Crippen molar-refractivity contribution in [3.63, 3.8) is 0 Å². The lowest BCUT2D eigenvalue weighted by atomic mass is 10.0. The van der Waals surface area contributed by atoms with Crippen LogP contribution in [-0.4, -0.2) is 5.97 Å². The summed E-state index contributed by atoms with van der Waals surface area (Å²) in [5.74, 6) is -0.451. The van der Waals surface area contributed by atoms with Crippen LogP contribution >= 0.6 is 15.9 Å². The molecule has 0 aliphatic carbocycles. The van der Waals surface area contributed by atoms with Crippen molar-refractivity contribution in [1.82, 2.24) is 0 Å². The highest BCUT2D eigenvalue weighted by molar-refractivity contribution is 9.10. The van der Waals surface area contributed by atoms with Gasteiger partial charge in [-0.1, -0.05) is 52.3 Å². The molecule has 0 atom stereocenters. The molecule has 128 valence electrons. The first-order chi connectivity index (χ1) is 12.6. The number of halogens is 1. The van der Waals surface area contributed by atoms with Gasteiger partial charge in [0.2, 0.25) is 0 Å². The molecule has 4 rings (SSSR count). The number of ether oxygens (including phenoxy) is 1. The molecule has 1 heterocycles. The van der Waals surface area contributed by atoms with Crippen molar-refractivity contribution in [2.75, 3.05) is 0 Å². The SMILES string of the molecule is O=C(OCc1cc(=O)oc2ccc3ccccc3c12)c1cccc(Br)c1. The molecule has 0 spiro atoms. The highest BCUT2D eigenvalue weighted by Gasteiger charge is 2.13. The van der Waals surface area contributed by atoms with Gasteiger partial charge < -0.3 is 9.15 Å². The van der Waals surface area contributed by atoms with E-state index in [0.717, 1.165) is 20.6 Å². The Balaban J connectivity index is 1.75. The van der Waals surface area contributed by atoms with Gasteiger partial charge >= 0.3 is 11.6 Å². The van der Waals surface area contributed by atoms with E-state index in [9.17, 15) is 9.59 Å². The maximum absolute atomic E-state index is 12.3. The van der Waals surface area contributed by atoms with Crippen LogP contribution in [0.1, 0.15) is 15.9 Å². The molecule has 5 heteroatoms. The van der Waals surface area contributed by atoms with Crippen molar-refractivity contribution in [2.45, 2.75) is 6.61 Å². The fourth-order valence-electron chi connectivity index (χ4n) is 2.98. The van der Waals surface area contributed by atoms with Gasteiger partial charge in [0.1, 0.15) is 12.2 Å². The molecule has 0 N–H and O–H groups in total. The van der Waals surface area contributed by atoms with E-state index in [2.05, 4.69) is 15.9 Å². The zero-order chi connectivity index (χ0) is 18.1. The maximum Gasteiger partial charge on any atom is 0.338 e. The van der Waals surface area contributed by atoms with Crippen molar-refractivity contribution in [2.24, 2.45) is 0 Å². The molecule has 0 aliphatic heterocycles. The Labute approximate surface area is 157 Å². The molecule has 0 aliphatic rings. The zero-order valence-electron chi connectivity index (χ0n) is 13.6. The zero-order valence-corrected chi connectivity index (χ0v) is 15.2. The molecule has 0 amide bonds. The molecule has 4 aromatic rings. The minimum Gasteiger partial charge on any atom is -0.457 e. The summed E-state index contributed by atoms with van der Waals surface area (Å²) in [5, 5.41) is 2.75. The van der Waals surface area contributed by atoms with Crippen LogP contribution in [0.4, 0.5) is 0 Å². The fourth-order valence-corrected chi connectivity index (χ4v) is 3.38. The van der Waals surface area contributed by atoms with Gasteiger partial charge in [-0.05, 0) is 35.0 Å². The quantitative estimate of drug-likeness (QED) is 0.270. The lowest BCUT2D eigenvalue weighted by Crippen LogP contribution is -2.08. The fraction of sp³-hybridized carbons (Fsp3) is 0.0476. The van der Waals surface area contributed by atoms with Crippen LogP contribution < -0.4 is 5.63 Å². The predicted octanol–water partition coefficient (Wildman–Crippen LogP) is 5.07. The Morgan fingerprint density at radius 3 is 2.69 bits per heavy atom. The highest BCUT2D eigenvalue weighted by Crippen LogP contribution is 2.28. The summed E-state index contributed by atoms with van der Waals surface area (Å²) < 4.78 is 11.6. The van der Waals surface area contributed by atoms with Gasteiger partial charge in [-0.2, -0.15) is 0 Å². The number of rotatable bonds is 3. The van der Waals surface area contributed by atoms with Gasteiger partial charge in [0.05, 0.1) is 5.56 Å². The number of carbonyl (C=O) groups excluding carboxylic acids is 1. The standard InChI is InChI=1S/C21H13BrO4/c22-16-6-3-5-14(10-16)21(24)25-12-15-11-19(23)26-18-9-8-13-4-1-2-7-17(13)20(15)18/h1-11H,12H2. The first-order valence-corrected chi connectivity index (χ1v) is 8.78. The van der Waals surface area contributed by atoms with E-state index in [4.69, 9.17) is 9.15 Å². The van der Waals surface area contributed by atoms with E-state index in [1.54, 1.807) is 24.3 Å². The number of hydrogen-bond donors (Lipinski definition) is 0. The van der Waals surface area contributed by atoms with Crippen LogP contribution in [-0.2, 0) is 11.3 Å². The number of fused-ring (bicyclic) bond motifs is 3. The smallest absolute Gasteiger partial charge is 0.338 e. The largest absolute Gasteiger partial charge is 0.457 e. The van der Waals surface area contributed by atoms with Gasteiger partial charge in [0.15, 0.2) is 0 Å². The second-order valence-electron chi connectivity index (χ2n) is 5.84. The summed E-state index contributed by atoms with van der Waals surface area (Å²) in [7, 11) is 0. The minimum absolute atomic E-state index is 0.0124. The molecule has 0 bridgehead atoms.